The van der Waals surface area contributed by atoms with Crippen molar-refractivity contribution in [2.75, 3.05) is 0 Å². The largest absolute Gasteiger partial charge is 0.472 e. The van der Waals surface area contributed by atoms with E-state index in [2.05, 4.69) is 36.9 Å². The predicted molar refractivity (Wildman–Crippen MR) is 137 cm³/mol. The molecule has 0 spiro atoms. The number of aryl methyl sites for hydroxylation is 2. The zero-order chi connectivity index (χ0) is 27.7. The number of allylic oxidation sites excluding steroid dienone is 1. The molecule has 1 amide bonds. The Morgan fingerprint density at radius 2 is 2.00 bits per heavy atom. The van der Waals surface area contributed by atoms with Crippen molar-refractivity contribution in [1.82, 2.24) is 35.5 Å². The Morgan fingerprint density at radius 3 is 2.73 bits per heavy atom. The van der Waals surface area contributed by atoms with Crippen LogP contribution in [0.1, 0.15) is 69.9 Å². The van der Waals surface area contributed by atoms with Crippen molar-refractivity contribution in [1.29, 1.82) is 0 Å². The van der Waals surface area contributed by atoms with E-state index in [4.69, 9.17) is 4.42 Å². The first-order chi connectivity index (χ1) is 19.3. The van der Waals surface area contributed by atoms with Gasteiger partial charge in [-0.05, 0) is 67.4 Å². The Morgan fingerprint density at radius 1 is 1.12 bits per heavy atom. The molecule has 6 rings (SSSR count). The molecule has 9 nitrogen and oxygen atoms in total. The molecule has 2 aliphatic rings. The summed E-state index contributed by atoms with van der Waals surface area (Å²) in [6.45, 7) is 0.603. The van der Waals surface area contributed by atoms with Crippen LogP contribution in [-0.4, -0.2) is 36.1 Å². The third-order valence-electron chi connectivity index (χ3n) is 7.16. The van der Waals surface area contributed by atoms with Crippen molar-refractivity contribution in [3.05, 3.63) is 94.2 Å². The van der Waals surface area contributed by atoms with Gasteiger partial charge in [0.1, 0.15) is 5.69 Å². The second kappa shape index (κ2) is 10.7. The van der Waals surface area contributed by atoms with Gasteiger partial charge in [-0.25, -0.2) is 0 Å². The average molecular weight is 550 g/mol. The van der Waals surface area contributed by atoms with Gasteiger partial charge in [0.25, 0.3) is 5.91 Å². The van der Waals surface area contributed by atoms with Gasteiger partial charge in [-0.3, -0.25) is 14.5 Å². The van der Waals surface area contributed by atoms with Crippen molar-refractivity contribution < 1.29 is 22.4 Å². The number of aromatic nitrogens is 6. The highest BCUT2D eigenvalue weighted by Gasteiger charge is 2.35. The second-order valence-electron chi connectivity index (χ2n) is 10.1. The summed E-state index contributed by atoms with van der Waals surface area (Å²) in [6.07, 6.45) is 7.38. The number of carbonyl (C=O) groups excluding carboxylic acids is 1. The summed E-state index contributed by atoms with van der Waals surface area (Å²) >= 11 is 0. The zero-order valence-corrected chi connectivity index (χ0v) is 21.5. The number of amides is 1. The summed E-state index contributed by atoms with van der Waals surface area (Å²) in [5.41, 5.74) is 6.53. The van der Waals surface area contributed by atoms with Crippen molar-refractivity contribution in [2.24, 2.45) is 5.92 Å². The molecule has 12 heteroatoms. The molecular weight excluding hydrogens is 523 g/mol. The maximum atomic E-state index is 12.6. The highest BCUT2D eigenvalue weighted by atomic mass is 19.4. The minimum absolute atomic E-state index is 0.0261. The van der Waals surface area contributed by atoms with Crippen molar-refractivity contribution in [3.63, 3.8) is 0 Å². The van der Waals surface area contributed by atoms with Gasteiger partial charge in [-0.2, -0.15) is 23.4 Å². The lowest BCUT2D eigenvalue weighted by atomic mass is 9.98. The van der Waals surface area contributed by atoms with Crippen LogP contribution in [0.25, 0.3) is 5.57 Å². The summed E-state index contributed by atoms with van der Waals surface area (Å²) in [4.78, 5) is 15.8. The fourth-order valence-corrected chi connectivity index (χ4v) is 4.96. The summed E-state index contributed by atoms with van der Waals surface area (Å²) in [5.74, 6) is 0.172. The minimum atomic E-state index is -4.50. The summed E-state index contributed by atoms with van der Waals surface area (Å²) in [6, 6.07) is 6.32. The van der Waals surface area contributed by atoms with Gasteiger partial charge in [-0.15, -0.1) is 5.10 Å². The number of rotatable bonds is 10. The first-order valence-corrected chi connectivity index (χ1v) is 13.2. The van der Waals surface area contributed by atoms with Crippen LogP contribution in [0.3, 0.4) is 0 Å². The third-order valence-corrected chi connectivity index (χ3v) is 7.16. The van der Waals surface area contributed by atoms with Crippen LogP contribution in [0.2, 0.25) is 0 Å². The minimum Gasteiger partial charge on any atom is -0.472 e. The van der Waals surface area contributed by atoms with Crippen molar-refractivity contribution >= 4 is 11.5 Å². The molecule has 0 saturated heterocycles. The van der Waals surface area contributed by atoms with Crippen LogP contribution >= 0.6 is 0 Å². The SMILES string of the molecule is O=C(NCc1ccc(C(F)(F)F)nc1)c1cn(CCCCc2cc3c(nn2)CC(C2CC2)=C3c2ccoc2)nn1. The molecule has 206 valence electrons. The first-order valence-electron chi connectivity index (χ1n) is 13.2. The maximum Gasteiger partial charge on any atom is 0.433 e. The standard InChI is InChI=1S/C28H26F3N7O2/c29-28(30,31)25-7-4-17(13-32-25)14-33-27(39)24-15-38(37-36-24)9-2-1-3-20-11-22-23(35-34-20)12-21(18-5-6-18)26(22)19-8-10-40-16-19/h4,7-8,10-11,13,15-16,18H,1-3,5-6,9,12,14H2,(H,33,39). The van der Waals surface area contributed by atoms with Crippen LogP contribution in [0.4, 0.5) is 13.2 Å². The molecule has 0 aliphatic heterocycles. The first kappa shape index (κ1) is 25.9. The van der Waals surface area contributed by atoms with Crippen LogP contribution < -0.4 is 5.32 Å². The van der Waals surface area contributed by atoms with Gasteiger partial charge in [0.2, 0.25) is 0 Å². The highest BCUT2D eigenvalue weighted by Crippen LogP contribution is 2.48. The van der Waals surface area contributed by atoms with Gasteiger partial charge in [0.05, 0.1) is 30.1 Å². The Balaban J connectivity index is 0.996. The molecular formula is C28H26F3N7O2. The lowest BCUT2D eigenvalue weighted by molar-refractivity contribution is -0.141. The van der Waals surface area contributed by atoms with Crippen molar-refractivity contribution in [3.8, 4) is 0 Å². The normalized spacial score (nSPS) is 15.0. The second-order valence-corrected chi connectivity index (χ2v) is 10.1. The molecule has 0 unspecified atom stereocenters. The molecule has 4 aromatic rings. The van der Waals surface area contributed by atoms with E-state index in [0.717, 1.165) is 60.5 Å². The number of furan rings is 1. The average Bonchev–Trinajstić information content (AvgIpc) is 3.30. The molecule has 0 radical (unpaired) electrons. The van der Waals surface area contributed by atoms with Gasteiger partial charge in [-0.1, -0.05) is 16.9 Å². The zero-order valence-electron chi connectivity index (χ0n) is 21.5. The maximum absolute atomic E-state index is 12.6. The van der Waals surface area contributed by atoms with E-state index in [1.54, 1.807) is 23.4 Å². The van der Waals surface area contributed by atoms with E-state index < -0.39 is 17.8 Å². The van der Waals surface area contributed by atoms with Gasteiger partial charge in [0, 0.05) is 36.8 Å². The number of halogens is 3. The number of unbranched alkanes of at least 4 members (excludes halogenated alkanes) is 1. The number of nitrogens with zero attached hydrogens (tertiary/aromatic N) is 6. The summed E-state index contributed by atoms with van der Waals surface area (Å²) in [7, 11) is 0. The van der Waals surface area contributed by atoms with E-state index in [0.29, 0.717) is 18.0 Å². The number of carbonyl (C=O) groups is 1. The Hall–Kier alpha value is -4.35. The molecule has 4 aromatic heterocycles. The summed E-state index contributed by atoms with van der Waals surface area (Å²) < 4.78 is 44.9. The predicted octanol–water partition coefficient (Wildman–Crippen LogP) is 4.80. The molecule has 1 N–H and O–H groups in total. The van der Waals surface area contributed by atoms with Crippen molar-refractivity contribution in [2.45, 2.75) is 57.8 Å². The topological polar surface area (TPSA) is 112 Å². The highest BCUT2D eigenvalue weighted by molar-refractivity contribution is 5.91. The molecule has 40 heavy (non-hydrogen) atoms. The number of alkyl halides is 3. The molecule has 4 heterocycles. The summed E-state index contributed by atoms with van der Waals surface area (Å²) in [5, 5.41) is 19.6. The molecule has 1 fully saturated rings. The Bertz CT molecular complexity index is 1540. The van der Waals surface area contributed by atoms with E-state index >= 15 is 0 Å². The molecule has 0 aromatic carbocycles. The van der Waals surface area contributed by atoms with E-state index in [9.17, 15) is 18.0 Å². The van der Waals surface area contributed by atoms with E-state index in [1.165, 1.54) is 30.1 Å². The van der Waals surface area contributed by atoms with Gasteiger partial charge < -0.3 is 9.73 Å². The molecule has 2 aliphatic carbocycles. The smallest absolute Gasteiger partial charge is 0.433 e. The molecule has 0 bridgehead atoms. The monoisotopic (exact) mass is 549 g/mol. The number of nitrogens with one attached hydrogen (secondary N) is 1. The van der Waals surface area contributed by atoms with Gasteiger partial charge in [0.15, 0.2) is 5.69 Å². The fourth-order valence-electron chi connectivity index (χ4n) is 4.96. The van der Waals surface area contributed by atoms with E-state index in [-0.39, 0.29) is 12.2 Å². The number of hydrogen-bond acceptors (Lipinski definition) is 7. The van der Waals surface area contributed by atoms with Crippen LogP contribution in [-0.2, 0) is 32.1 Å². The van der Waals surface area contributed by atoms with Crippen LogP contribution in [0.5, 0.6) is 0 Å². The van der Waals surface area contributed by atoms with Crippen LogP contribution in [0.15, 0.2) is 59.2 Å². The number of hydrogen-bond donors (Lipinski definition) is 1. The number of fused-ring (bicyclic) bond motifs is 1. The lowest BCUT2D eigenvalue weighted by Gasteiger charge is -2.07. The quantitative estimate of drug-likeness (QED) is 0.283. The number of pyridine rings is 1. The molecule has 1 saturated carbocycles. The van der Waals surface area contributed by atoms with E-state index in [1.807, 2.05) is 6.07 Å². The van der Waals surface area contributed by atoms with Crippen LogP contribution in [0, 0.1) is 5.92 Å². The Kier molecular flexibility index (Phi) is 6.91. The third kappa shape index (κ3) is 5.65. The fraction of sp³-hybridized carbons (Fsp3) is 0.357. The molecule has 0 atom stereocenters. The van der Waals surface area contributed by atoms with Gasteiger partial charge >= 0.3 is 6.18 Å². The lowest BCUT2D eigenvalue weighted by Crippen LogP contribution is -2.23. The Labute approximate surface area is 227 Å².